The number of halogens is 4. The summed E-state index contributed by atoms with van der Waals surface area (Å²) in [4.78, 5) is 23.3. The molecular weight excluding hydrogens is 420 g/mol. The Bertz CT molecular complexity index is 815. The molecule has 0 radical (unpaired) electrons. The van der Waals surface area contributed by atoms with Crippen molar-refractivity contribution in [3.63, 3.8) is 0 Å². The van der Waals surface area contributed by atoms with Gasteiger partial charge in [-0.25, -0.2) is 9.18 Å². The summed E-state index contributed by atoms with van der Waals surface area (Å²) in [6.45, 7) is -0.557. The minimum Gasteiger partial charge on any atom is -0.480 e. The summed E-state index contributed by atoms with van der Waals surface area (Å²) in [5.74, 6) is -1.35. The van der Waals surface area contributed by atoms with Gasteiger partial charge in [-0.2, -0.15) is 0 Å². The van der Waals surface area contributed by atoms with E-state index in [-0.39, 0.29) is 26.6 Å². The van der Waals surface area contributed by atoms with Gasteiger partial charge in [0.2, 0.25) is 0 Å². The highest BCUT2D eigenvalue weighted by molar-refractivity contribution is 6.43. The first-order chi connectivity index (χ1) is 12.8. The predicted molar refractivity (Wildman–Crippen MR) is 101 cm³/mol. The van der Waals surface area contributed by atoms with Gasteiger partial charge in [0.1, 0.15) is 11.6 Å². The van der Waals surface area contributed by atoms with E-state index in [0.717, 1.165) is 5.56 Å². The van der Waals surface area contributed by atoms with E-state index in [1.54, 1.807) is 12.1 Å². The highest BCUT2D eigenvalue weighted by atomic mass is 35.5. The average molecular weight is 435 g/mol. The van der Waals surface area contributed by atoms with Gasteiger partial charge in [0.25, 0.3) is 5.91 Å². The van der Waals surface area contributed by atoms with Crippen LogP contribution in [0.1, 0.15) is 5.56 Å². The monoisotopic (exact) mass is 433 g/mol. The second-order valence-electron chi connectivity index (χ2n) is 5.37. The SMILES string of the molecule is O=C(COC(=O)COc1cc(Cl)c(Cl)cc1Cl)NCCc1ccc(F)cc1. The van der Waals surface area contributed by atoms with Crippen LogP contribution in [-0.2, 0) is 20.7 Å². The van der Waals surface area contributed by atoms with Crippen LogP contribution in [0.2, 0.25) is 15.1 Å². The smallest absolute Gasteiger partial charge is 0.344 e. The molecule has 0 aliphatic rings. The Hall–Kier alpha value is -2.02. The number of carbonyl (C=O) groups is 2. The Kier molecular flexibility index (Phi) is 8.16. The Morgan fingerprint density at radius 3 is 2.33 bits per heavy atom. The van der Waals surface area contributed by atoms with E-state index in [1.165, 1.54) is 24.3 Å². The topological polar surface area (TPSA) is 64.6 Å². The van der Waals surface area contributed by atoms with Gasteiger partial charge in [-0.05, 0) is 30.2 Å². The Morgan fingerprint density at radius 2 is 1.63 bits per heavy atom. The molecule has 0 fully saturated rings. The van der Waals surface area contributed by atoms with Crippen molar-refractivity contribution in [3.05, 3.63) is 62.8 Å². The first-order valence-corrected chi connectivity index (χ1v) is 8.92. The second kappa shape index (κ2) is 10.3. The quantitative estimate of drug-likeness (QED) is 0.502. The molecule has 2 rings (SSSR count). The maximum absolute atomic E-state index is 12.8. The fourth-order valence-electron chi connectivity index (χ4n) is 1.99. The van der Waals surface area contributed by atoms with Crippen molar-refractivity contribution >= 4 is 46.7 Å². The normalized spacial score (nSPS) is 10.4. The highest BCUT2D eigenvalue weighted by Gasteiger charge is 2.11. The first-order valence-electron chi connectivity index (χ1n) is 7.79. The molecule has 0 saturated heterocycles. The molecule has 0 atom stereocenters. The lowest BCUT2D eigenvalue weighted by Crippen LogP contribution is -2.31. The molecule has 1 amide bonds. The molecule has 0 bridgehead atoms. The van der Waals surface area contributed by atoms with Gasteiger partial charge < -0.3 is 14.8 Å². The van der Waals surface area contributed by atoms with E-state index < -0.39 is 25.1 Å². The Morgan fingerprint density at radius 1 is 0.963 bits per heavy atom. The summed E-state index contributed by atoms with van der Waals surface area (Å²) in [7, 11) is 0. The van der Waals surface area contributed by atoms with Gasteiger partial charge in [0, 0.05) is 12.6 Å². The maximum atomic E-state index is 12.8. The van der Waals surface area contributed by atoms with E-state index >= 15 is 0 Å². The zero-order valence-corrected chi connectivity index (χ0v) is 16.2. The van der Waals surface area contributed by atoms with Crippen LogP contribution < -0.4 is 10.1 Å². The third-order valence-electron chi connectivity index (χ3n) is 3.33. The summed E-state index contributed by atoms with van der Waals surface area (Å²) in [6.07, 6.45) is 0.527. The molecule has 0 unspecified atom stereocenters. The lowest BCUT2D eigenvalue weighted by atomic mass is 10.1. The Labute approximate surface area is 170 Å². The maximum Gasteiger partial charge on any atom is 0.344 e. The average Bonchev–Trinajstić information content (AvgIpc) is 2.63. The lowest BCUT2D eigenvalue weighted by molar-refractivity contribution is -0.150. The fraction of sp³-hybridized carbons (Fsp3) is 0.222. The van der Waals surface area contributed by atoms with Crippen LogP contribution in [0.4, 0.5) is 4.39 Å². The van der Waals surface area contributed by atoms with Crippen LogP contribution in [0.25, 0.3) is 0 Å². The molecule has 5 nitrogen and oxygen atoms in total. The van der Waals surface area contributed by atoms with Crippen LogP contribution >= 0.6 is 34.8 Å². The summed E-state index contributed by atoms with van der Waals surface area (Å²) < 4.78 is 22.8. The van der Waals surface area contributed by atoms with Crippen LogP contribution in [0.15, 0.2) is 36.4 Å². The van der Waals surface area contributed by atoms with Crippen LogP contribution in [0, 0.1) is 5.82 Å². The molecule has 2 aromatic rings. The molecule has 27 heavy (non-hydrogen) atoms. The summed E-state index contributed by atoms with van der Waals surface area (Å²) in [5, 5.41) is 3.27. The molecule has 0 aliphatic carbocycles. The lowest BCUT2D eigenvalue weighted by Gasteiger charge is -2.10. The summed E-state index contributed by atoms with van der Waals surface area (Å²) in [5.41, 5.74) is 0.876. The molecule has 0 aromatic heterocycles. The van der Waals surface area contributed by atoms with E-state index in [4.69, 9.17) is 44.3 Å². The van der Waals surface area contributed by atoms with Crippen LogP contribution in [0.3, 0.4) is 0 Å². The number of esters is 1. The number of amides is 1. The molecule has 1 N–H and O–H groups in total. The minimum atomic E-state index is -0.745. The van der Waals surface area contributed by atoms with E-state index in [9.17, 15) is 14.0 Å². The van der Waals surface area contributed by atoms with Crippen molar-refractivity contribution in [2.45, 2.75) is 6.42 Å². The standard InChI is InChI=1S/C18H15Cl3FNO4/c19-13-7-15(21)16(8-14(13)20)26-10-18(25)27-9-17(24)23-6-5-11-1-3-12(22)4-2-11/h1-4,7-8H,5-6,9-10H2,(H,23,24). The summed E-state index contributed by atoms with van der Waals surface area (Å²) in [6, 6.07) is 8.72. The number of nitrogens with one attached hydrogen (secondary N) is 1. The van der Waals surface area contributed by atoms with Gasteiger partial charge in [-0.15, -0.1) is 0 Å². The molecular formula is C18H15Cl3FNO4. The number of hydrogen-bond acceptors (Lipinski definition) is 4. The number of benzene rings is 2. The van der Waals surface area contributed by atoms with Gasteiger partial charge in [0.15, 0.2) is 13.2 Å². The third-order valence-corrected chi connectivity index (χ3v) is 4.35. The first kappa shape index (κ1) is 21.3. The number of rotatable bonds is 8. The largest absolute Gasteiger partial charge is 0.480 e. The molecule has 9 heteroatoms. The third kappa shape index (κ3) is 7.25. The number of hydrogen-bond donors (Lipinski definition) is 1. The van der Waals surface area contributed by atoms with Crippen molar-refractivity contribution in [1.29, 1.82) is 0 Å². The van der Waals surface area contributed by atoms with Gasteiger partial charge in [0.05, 0.1) is 15.1 Å². The van der Waals surface area contributed by atoms with Gasteiger partial charge in [-0.3, -0.25) is 4.79 Å². The predicted octanol–water partition coefficient (Wildman–Crippen LogP) is 4.07. The summed E-state index contributed by atoms with van der Waals surface area (Å²) >= 11 is 17.6. The number of ether oxygens (including phenoxy) is 2. The van der Waals surface area contributed by atoms with Gasteiger partial charge in [-0.1, -0.05) is 46.9 Å². The molecule has 0 spiro atoms. The second-order valence-corrected chi connectivity index (χ2v) is 6.59. The van der Waals surface area contributed by atoms with Crippen LogP contribution in [-0.4, -0.2) is 31.6 Å². The van der Waals surface area contributed by atoms with Crippen molar-refractivity contribution < 1.29 is 23.5 Å². The fourth-order valence-corrected chi connectivity index (χ4v) is 2.58. The van der Waals surface area contributed by atoms with Crippen molar-refractivity contribution in [3.8, 4) is 5.75 Å². The van der Waals surface area contributed by atoms with Crippen molar-refractivity contribution in [2.75, 3.05) is 19.8 Å². The zero-order chi connectivity index (χ0) is 19.8. The van der Waals surface area contributed by atoms with Crippen LogP contribution in [0.5, 0.6) is 5.75 Å². The molecule has 0 heterocycles. The molecule has 0 aliphatic heterocycles. The van der Waals surface area contributed by atoms with Crippen molar-refractivity contribution in [2.24, 2.45) is 0 Å². The Balaban J connectivity index is 1.66. The van der Waals surface area contributed by atoms with E-state index in [2.05, 4.69) is 5.32 Å². The van der Waals surface area contributed by atoms with Crippen molar-refractivity contribution in [1.82, 2.24) is 5.32 Å². The zero-order valence-electron chi connectivity index (χ0n) is 13.9. The number of carbonyl (C=O) groups excluding carboxylic acids is 2. The molecule has 144 valence electrons. The molecule has 2 aromatic carbocycles. The van der Waals surface area contributed by atoms with E-state index in [1.807, 2.05) is 0 Å². The highest BCUT2D eigenvalue weighted by Crippen LogP contribution is 2.33. The minimum absolute atomic E-state index is 0.173. The van der Waals surface area contributed by atoms with E-state index in [0.29, 0.717) is 13.0 Å². The molecule has 0 saturated carbocycles. The van der Waals surface area contributed by atoms with Gasteiger partial charge >= 0.3 is 5.97 Å².